The van der Waals surface area contributed by atoms with Crippen molar-refractivity contribution in [1.82, 2.24) is 15.2 Å². The topological polar surface area (TPSA) is 31.4 Å². The normalized spacial score (nSPS) is 11.3. The number of rotatable bonds is 8. The molecule has 0 amide bonds. The maximum Gasteiger partial charge on any atom is 0.128 e. The average Bonchev–Trinajstić information content (AvgIpc) is 2.34. The summed E-state index contributed by atoms with van der Waals surface area (Å²) < 4.78 is 0. The lowest BCUT2D eigenvalue weighted by Gasteiger charge is -2.27. The molecule has 0 saturated carbocycles. The fraction of sp³-hybridized carbons (Fsp3) is 0.667. The van der Waals surface area contributed by atoms with E-state index in [-0.39, 0.29) is 0 Å². The Balaban J connectivity index is 2.79. The maximum atomic E-state index is 4.74. The molecular weight excluding hydrogens is 236 g/mol. The van der Waals surface area contributed by atoms with Gasteiger partial charge in [-0.15, -0.1) is 0 Å². The number of likely N-dealkylation sites (N-methyl/N-ethyl adjacent to an activating group) is 1. The molecule has 4 heteroatoms. The zero-order chi connectivity index (χ0) is 14.3. The molecule has 0 spiro atoms. The van der Waals surface area contributed by atoms with E-state index in [4.69, 9.17) is 4.98 Å². The molecule has 1 aromatic heterocycles. The minimum Gasteiger partial charge on any atom is -0.355 e. The van der Waals surface area contributed by atoms with Crippen molar-refractivity contribution in [2.45, 2.75) is 20.4 Å². The van der Waals surface area contributed by atoms with Crippen LogP contribution in [0.5, 0.6) is 0 Å². The lowest BCUT2D eigenvalue weighted by atomic mass is 10.2. The first-order valence-electron chi connectivity index (χ1n) is 7.03. The molecule has 0 radical (unpaired) electrons. The van der Waals surface area contributed by atoms with E-state index in [1.807, 2.05) is 7.05 Å². The van der Waals surface area contributed by atoms with Crippen LogP contribution in [0.4, 0.5) is 5.82 Å². The van der Waals surface area contributed by atoms with Crippen LogP contribution in [-0.4, -0.2) is 50.7 Å². The molecular formula is C15H28N4. The Morgan fingerprint density at radius 1 is 1.21 bits per heavy atom. The molecule has 0 saturated heterocycles. The predicted octanol–water partition coefficient (Wildman–Crippen LogP) is 1.82. The lowest BCUT2D eigenvalue weighted by molar-refractivity contribution is 0.408. The fourth-order valence-corrected chi connectivity index (χ4v) is 1.98. The molecule has 0 atom stereocenters. The largest absolute Gasteiger partial charge is 0.355 e. The quantitative estimate of drug-likeness (QED) is 0.776. The Morgan fingerprint density at radius 3 is 2.53 bits per heavy atom. The van der Waals surface area contributed by atoms with Gasteiger partial charge in [0.1, 0.15) is 5.82 Å². The van der Waals surface area contributed by atoms with E-state index in [0.29, 0.717) is 5.92 Å². The lowest BCUT2D eigenvalue weighted by Crippen LogP contribution is -2.35. The van der Waals surface area contributed by atoms with Gasteiger partial charge < -0.3 is 15.1 Å². The highest BCUT2D eigenvalue weighted by molar-refractivity contribution is 5.39. The van der Waals surface area contributed by atoms with Crippen LogP contribution >= 0.6 is 0 Å². The summed E-state index contributed by atoms with van der Waals surface area (Å²) in [5, 5.41) is 3.15. The highest BCUT2D eigenvalue weighted by Gasteiger charge is 2.10. The summed E-state index contributed by atoms with van der Waals surface area (Å²) in [7, 11) is 6.17. The number of anilines is 1. The summed E-state index contributed by atoms with van der Waals surface area (Å²) in [4.78, 5) is 9.33. The Labute approximate surface area is 117 Å². The van der Waals surface area contributed by atoms with Crippen LogP contribution in [0.2, 0.25) is 0 Å². The van der Waals surface area contributed by atoms with E-state index in [9.17, 15) is 0 Å². The Morgan fingerprint density at radius 2 is 1.95 bits per heavy atom. The zero-order valence-corrected chi connectivity index (χ0v) is 13.0. The second-order valence-corrected chi connectivity index (χ2v) is 5.66. The van der Waals surface area contributed by atoms with Gasteiger partial charge in [0.25, 0.3) is 0 Å². The van der Waals surface area contributed by atoms with Crippen molar-refractivity contribution in [3.63, 3.8) is 0 Å². The summed E-state index contributed by atoms with van der Waals surface area (Å²) in [6.07, 6.45) is 0. The van der Waals surface area contributed by atoms with E-state index in [0.717, 1.165) is 37.7 Å². The first-order chi connectivity index (χ1) is 9.02. The summed E-state index contributed by atoms with van der Waals surface area (Å²) in [5.74, 6) is 1.72. The van der Waals surface area contributed by atoms with Gasteiger partial charge in [-0.25, -0.2) is 4.98 Å². The molecule has 0 bridgehead atoms. The molecule has 0 aliphatic carbocycles. The number of hydrogen-bond donors (Lipinski definition) is 1. The van der Waals surface area contributed by atoms with Gasteiger partial charge in [0.05, 0.1) is 5.69 Å². The standard InChI is InChI=1S/C15H28N4/c1-13(2)12-19(10-9-18(4)5)15-8-6-7-14(17-15)11-16-3/h6-8,13,16H,9-12H2,1-5H3. The summed E-state index contributed by atoms with van der Waals surface area (Å²) >= 11 is 0. The summed E-state index contributed by atoms with van der Waals surface area (Å²) in [6, 6.07) is 6.27. The zero-order valence-electron chi connectivity index (χ0n) is 13.0. The van der Waals surface area contributed by atoms with Crippen molar-refractivity contribution in [2.75, 3.05) is 45.7 Å². The summed E-state index contributed by atoms with van der Waals surface area (Å²) in [5.41, 5.74) is 1.10. The number of pyridine rings is 1. The van der Waals surface area contributed by atoms with Gasteiger partial charge in [-0.05, 0) is 39.2 Å². The second-order valence-electron chi connectivity index (χ2n) is 5.66. The third-order valence-corrected chi connectivity index (χ3v) is 2.88. The van der Waals surface area contributed by atoms with Crippen molar-refractivity contribution < 1.29 is 0 Å². The van der Waals surface area contributed by atoms with Crippen LogP contribution in [0.1, 0.15) is 19.5 Å². The first kappa shape index (κ1) is 15.9. The van der Waals surface area contributed by atoms with Crippen molar-refractivity contribution in [1.29, 1.82) is 0 Å². The predicted molar refractivity (Wildman–Crippen MR) is 82.6 cm³/mol. The van der Waals surface area contributed by atoms with Crippen molar-refractivity contribution in [3.8, 4) is 0 Å². The molecule has 0 aliphatic rings. The third kappa shape index (κ3) is 6.03. The molecule has 19 heavy (non-hydrogen) atoms. The van der Waals surface area contributed by atoms with Gasteiger partial charge in [0, 0.05) is 26.2 Å². The molecule has 0 aromatic carbocycles. The van der Waals surface area contributed by atoms with Crippen molar-refractivity contribution in [2.24, 2.45) is 5.92 Å². The molecule has 1 aromatic rings. The molecule has 0 fully saturated rings. The molecule has 0 unspecified atom stereocenters. The van der Waals surface area contributed by atoms with Crippen molar-refractivity contribution >= 4 is 5.82 Å². The van der Waals surface area contributed by atoms with Gasteiger partial charge in [-0.2, -0.15) is 0 Å². The van der Waals surface area contributed by atoms with Gasteiger partial charge in [0.15, 0.2) is 0 Å². The van der Waals surface area contributed by atoms with E-state index >= 15 is 0 Å². The van der Waals surface area contributed by atoms with Crippen LogP contribution in [0.15, 0.2) is 18.2 Å². The molecule has 1 N–H and O–H groups in total. The number of nitrogens with zero attached hydrogens (tertiary/aromatic N) is 3. The third-order valence-electron chi connectivity index (χ3n) is 2.88. The molecule has 1 rings (SSSR count). The minimum atomic E-state index is 0.636. The average molecular weight is 264 g/mol. The van der Waals surface area contributed by atoms with Crippen LogP contribution in [0, 0.1) is 5.92 Å². The fourth-order valence-electron chi connectivity index (χ4n) is 1.98. The van der Waals surface area contributed by atoms with Gasteiger partial charge >= 0.3 is 0 Å². The van der Waals surface area contributed by atoms with Crippen LogP contribution in [-0.2, 0) is 6.54 Å². The van der Waals surface area contributed by atoms with E-state index < -0.39 is 0 Å². The Kier molecular flexibility index (Phi) is 6.81. The van der Waals surface area contributed by atoms with Gasteiger partial charge in [-0.3, -0.25) is 0 Å². The van der Waals surface area contributed by atoms with E-state index in [2.05, 4.69) is 61.3 Å². The number of nitrogens with one attached hydrogen (secondary N) is 1. The highest BCUT2D eigenvalue weighted by atomic mass is 15.2. The maximum absolute atomic E-state index is 4.74. The SMILES string of the molecule is CNCc1cccc(N(CCN(C)C)CC(C)C)n1. The van der Waals surface area contributed by atoms with E-state index in [1.54, 1.807) is 0 Å². The second kappa shape index (κ2) is 8.12. The van der Waals surface area contributed by atoms with Crippen LogP contribution in [0.3, 0.4) is 0 Å². The summed E-state index contributed by atoms with van der Waals surface area (Å²) in [6.45, 7) is 8.42. The molecule has 108 valence electrons. The Bertz CT molecular complexity index is 363. The first-order valence-corrected chi connectivity index (χ1v) is 7.03. The molecule has 0 aliphatic heterocycles. The molecule has 1 heterocycles. The monoisotopic (exact) mass is 264 g/mol. The minimum absolute atomic E-state index is 0.636. The molecule has 4 nitrogen and oxygen atoms in total. The number of aromatic nitrogens is 1. The smallest absolute Gasteiger partial charge is 0.128 e. The highest BCUT2D eigenvalue weighted by Crippen LogP contribution is 2.13. The van der Waals surface area contributed by atoms with Gasteiger partial charge in [0.2, 0.25) is 0 Å². The van der Waals surface area contributed by atoms with Crippen molar-refractivity contribution in [3.05, 3.63) is 23.9 Å². The van der Waals surface area contributed by atoms with Crippen LogP contribution < -0.4 is 10.2 Å². The van der Waals surface area contributed by atoms with Gasteiger partial charge in [-0.1, -0.05) is 19.9 Å². The number of hydrogen-bond acceptors (Lipinski definition) is 4. The van der Waals surface area contributed by atoms with E-state index in [1.165, 1.54) is 0 Å². The van der Waals surface area contributed by atoms with Crippen LogP contribution in [0.25, 0.3) is 0 Å². The Hall–Kier alpha value is -1.13.